The van der Waals surface area contributed by atoms with Crippen LogP contribution in [0.25, 0.3) is 0 Å². The van der Waals surface area contributed by atoms with Crippen molar-refractivity contribution in [1.82, 2.24) is 10.2 Å². The Morgan fingerprint density at radius 3 is 2.48 bits per heavy atom. The highest BCUT2D eigenvalue weighted by Crippen LogP contribution is 2.25. The molecule has 1 rings (SSSR count). The van der Waals surface area contributed by atoms with Crippen LogP contribution >= 0.6 is 23.2 Å². The van der Waals surface area contributed by atoms with E-state index in [4.69, 9.17) is 23.2 Å². The van der Waals surface area contributed by atoms with Crippen LogP contribution in [0.15, 0.2) is 18.2 Å². The molecule has 0 aliphatic heterocycles. The first-order valence-electron chi connectivity index (χ1n) is 6.87. The first-order chi connectivity index (χ1) is 9.64. The first kappa shape index (κ1) is 18.1. The Bertz CT molecular complexity index is 501. The van der Waals surface area contributed by atoms with Crippen LogP contribution in [0.1, 0.15) is 39.3 Å². The van der Waals surface area contributed by atoms with Gasteiger partial charge in [-0.05, 0) is 45.4 Å². The molecule has 0 aliphatic rings. The van der Waals surface area contributed by atoms with Gasteiger partial charge in [0.1, 0.15) is 0 Å². The zero-order chi connectivity index (χ0) is 16.2. The molecule has 0 aliphatic carbocycles. The molecule has 1 aromatic carbocycles. The van der Waals surface area contributed by atoms with Gasteiger partial charge in [-0.3, -0.25) is 0 Å². The van der Waals surface area contributed by atoms with E-state index < -0.39 is 5.60 Å². The maximum atomic E-state index is 12.2. The van der Waals surface area contributed by atoms with Crippen molar-refractivity contribution < 1.29 is 9.90 Å². The molecule has 1 unspecified atom stereocenters. The Labute approximate surface area is 136 Å². The molecule has 0 saturated carbocycles. The summed E-state index contributed by atoms with van der Waals surface area (Å²) in [5.41, 5.74) is -0.0581. The second-order valence-corrected chi connectivity index (χ2v) is 6.49. The predicted molar refractivity (Wildman–Crippen MR) is 87.0 cm³/mol. The molecule has 0 saturated heterocycles. The Morgan fingerprint density at radius 2 is 2.00 bits per heavy atom. The summed E-state index contributed by atoms with van der Waals surface area (Å²) in [6, 6.07) is 4.84. The zero-order valence-electron chi connectivity index (χ0n) is 12.8. The predicted octanol–water partition coefficient (Wildman–Crippen LogP) is 3.86. The van der Waals surface area contributed by atoms with Crippen LogP contribution in [0, 0.1) is 0 Å². The molecule has 2 amide bonds. The second-order valence-electron chi connectivity index (χ2n) is 5.67. The first-order valence-corrected chi connectivity index (χ1v) is 7.62. The summed E-state index contributed by atoms with van der Waals surface area (Å²) in [6.07, 6.45) is 0. The molecule has 118 valence electrons. The smallest absolute Gasteiger partial charge is 0.317 e. The molecule has 2 N–H and O–H groups in total. The van der Waals surface area contributed by atoms with E-state index in [0.29, 0.717) is 16.6 Å². The topological polar surface area (TPSA) is 52.6 Å². The molecule has 0 radical (unpaired) electrons. The van der Waals surface area contributed by atoms with Gasteiger partial charge in [-0.25, -0.2) is 4.79 Å². The van der Waals surface area contributed by atoms with Crippen molar-refractivity contribution in [1.29, 1.82) is 0 Å². The maximum absolute atomic E-state index is 12.2. The molecule has 1 aromatic rings. The molecular formula is C15H22Cl2N2O2. The minimum absolute atomic E-state index is 0.205. The van der Waals surface area contributed by atoms with Crippen molar-refractivity contribution >= 4 is 29.2 Å². The van der Waals surface area contributed by atoms with Crippen LogP contribution in [0.5, 0.6) is 0 Å². The monoisotopic (exact) mass is 332 g/mol. The summed E-state index contributed by atoms with van der Waals surface area (Å²) in [6.45, 7) is 7.87. The van der Waals surface area contributed by atoms with Gasteiger partial charge in [0.25, 0.3) is 0 Å². The number of hydrogen-bond donors (Lipinski definition) is 2. The number of rotatable bonds is 5. The van der Waals surface area contributed by atoms with Gasteiger partial charge >= 0.3 is 6.03 Å². The maximum Gasteiger partial charge on any atom is 0.317 e. The summed E-state index contributed by atoms with van der Waals surface area (Å²) >= 11 is 11.9. The number of nitrogens with zero attached hydrogens (tertiary/aromatic N) is 1. The molecule has 0 aromatic heterocycles. The number of nitrogens with one attached hydrogen (secondary N) is 1. The van der Waals surface area contributed by atoms with Gasteiger partial charge in [-0.1, -0.05) is 29.3 Å². The van der Waals surface area contributed by atoms with E-state index in [0.717, 1.165) is 5.56 Å². The van der Waals surface area contributed by atoms with Crippen molar-refractivity contribution in [3.63, 3.8) is 0 Å². The normalized spacial score (nSPS) is 12.9. The highest BCUT2D eigenvalue weighted by molar-refractivity contribution is 6.42. The molecule has 0 fully saturated rings. The number of carbonyl (C=O) groups is 1. The summed E-state index contributed by atoms with van der Waals surface area (Å²) in [5.74, 6) is 0. The average molecular weight is 333 g/mol. The van der Waals surface area contributed by atoms with Crippen LogP contribution in [0.3, 0.4) is 0 Å². The number of carbonyl (C=O) groups excluding carboxylic acids is 1. The van der Waals surface area contributed by atoms with Gasteiger partial charge in [0.05, 0.1) is 28.2 Å². The van der Waals surface area contributed by atoms with Gasteiger partial charge in [0.2, 0.25) is 0 Å². The Morgan fingerprint density at radius 1 is 1.38 bits per heavy atom. The van der Waals surface area contributed by atoms with Crippen LogP contribution in [-0.4, -0.2) is 34.7 Å². The third-order valence-electron chi connectivity index (χ3n) is 3.03. The van der Waals surface area contributed by atoms with E-state index in [1.165, 1.54) is 0 Å². The summed E-state index contributed by atoms with van der Waals surface area (Å²) in [4.78, 5) is 13.8. The Kier molecular flexibility index (Phi) is 6.32. The molecule has 4 nitrogen and oxygen atoms in total. The fourth-order valence-corrected chi connectivity index (χ4v) is 2.24. The lowest BCUT2D eigenvalue weighted by Gasteiger charge is -2.29. The Balaban J connectivity index is 2.74. The van der Waals surface area contributed by atoms with Crippen LogP contribution in [0.2, 0.25) is 10.0 Å². The highest BCUT2D eigenvalue weighted by atomic mass is 35.5. The van der Waals surface area contributed by atoms with Gasteiger partial charge in [-0.15, -0.1) is 0 Å². The minimum Gasteiger partial charge on any atom is -0.389 e. The fourth-order valence-electron chi connectivity index (χ4n) is 1.94. The van der Waals surface area contributed by atoms with Crippen LogP contribution < -0.4 is 5.32 Å². The fraction of sp³-hybridized carbons (Fsp3) is 0.533. The molecule has 0 spiro atoms. The van der Waals surface area contributed by atoms with E-state index in [-0.39, 0.29) is 18.6 Å². The summed E-state index contributed by atoms with van der Waals surface area (Å²) in [7, 11) is 0. The second kappa shape index (κ2) is 7.34. The number of urea groups is 1. The van der Waals surface area contributed by atoms with E-state index in [9.17, 15) is 9.90 Å². The quantitative estimate of drug-likeness (QED) is 0.860. The summed E-state index contributed by atoms with van der Waals surface area (Å²) < 4.78 is 0. The number of likely N-dealkylation sites (N-methyl/N-ethyl adjacent to an activating group) is 1. The standard InChI is InChI=1S/C15H22Cl2N2O2/c1-5-19(9-15(3,4)21)14(20)18-10(2)11-6-7-12(16)13(17)8-11/h6-8,10,21H,5,9H2,1-4H3,(H,18,20). The number of benzene rings is 1. The van der Waals surface area contributed by atoms with Crippen LogP contribution in [-0.2, 0) is 0 Å². The van der Waals surface area contributed by atoms with Crippen molar-refractivity contribution in [3.05, 3.63) is 33.8 Å². The molecule has 6 heteroatoms. The number of aliphatic hydroxyl groups is 1. The SMILES string of the molecule is CCN(CC(C)(C)O)C(=O)NC(C)c1ccc(Cl)c(Cl)c1. The van der Waals surface area contributed by atoms with E-state index in [1.54, 1.807) is 30.9 Å². The van der Waals surface area contributed by atoms with Gasteiger partial charge < -0.3 is 15.3 Å². The Hall–Kier alpha value is -0.970. The summed E-state index contributed by atoms with van der Waals surface area (Å²) in [5, 5.41) is 13.7. The third-order valence-corrected chi connectivity index (χ3v) is 3.77. The van der Waals surface area contributed by atoms with Gasteiger partial charge in [0, 0.05) is 6.54 Å². The average Bonchev–Trinajstić information content (AvgIpc) is 2.37. The lowest BCUT2D eigenvalue weighted by atomic mass is 10.1. The van der Waals surface area contributed by atoms with E-state index in [2.05, 4.69) is 5.32 Å². The molecule has 0 bridgehead atoms. The van der Waals surface area contributed by atoms with Crippen molar-refractivity contribution in [2.75, 3.05) is 13.1 Å². The molecule has 0 heterocycles. The molecule has 21 heavy (non-hydrogen) atoms. The molecule has 1 atom stereocenters. The largest absolute Gasteiger partial charge is 0.389 e. The number of hydrogen-bond acceptors (Lipinski definition) is 2. The van der Waals surface area contributed by atoms with Crippen molar-refractivity contribution in [2.45, 2.75) is 39.3 Å². The lowest BCUT2D eigenvalue weighted by molar-refractivity contribution is 0.0476. The minimum atomic E-state index is -0.930. The number of halogens is 2. The van der Waals surface area contributed by atoms with E-state index in [1.807, 2.05) is 19.9 Å². The highest BCUT2D eigenvalue weighted by Gasteiger charge is 2.22. The van der Waals surface area contributed by atoms with Crippen LogP contribution in [0.4, 0.5) is 4.79 Å². The zero-order valence-corrected chi connectivity index (χ0v) is 14.3. The third kappa shape index (κ3) is 5.73. The van der Waals surface area contributed by atoms with Gasteiger partial charge in [0.15, 0.2) is 0 Å². The van der Waals surface area contributed by atoms with E-state index >= 15 is 0 Å². The number of amides is 2. The van der Waals surface area contributed by atoms with Gasteiger partial charge in [-0.2, -0.15) is 0 Å². The molecular weight excluding hydrogens is 311 g/mol. The van der Waals surface area contributed by atoms with Crippen molar-refractivity contribution in [2.24, 2.45) is 0 Å². The van der Waals surface area contributed by atoms with Crippen molar-refractivity contribution in [3.8, 4) is 0 Å². The lowest BCUT2D eigenvalue weighted by Crippen LogP contribution is -2.47.